The Bertz CT molecular complexity index is 3550. The number of para-hydroxylation sites is 5. The van der Waals surface area contributed by atoms with Gasteiger partial charge in [0.05, 0.1) is 50.3 Å². The van der Waals surface area contributed by atoms with E-state index in [1.165, 1.54) is 54.4 Å². The second kappa shape index (κ2) is 12.4. The van der Waals surface area contributed by atoms with Crippen molar-refractivity contribution in [3.05, 3.63) is 193 Å². The van der Waals surface area contributed by atoms with Crippen LogP contribution in [0.25, 0.3) is 105 Å². The molecule has 0 atom stereocenters. The van der Waals surface area contributed by atoms with Crippen molar-refractivity contribution in [2.75, 3.05) is 0 Å². The van der Waals surface area contributed by atoms with Crippen molar-refractivity contribution in [2.45, 2.75) is 13.8 Å². The summed E-state index contributed by atoms with van der Waals surface area (Å²) in [7, 11) is 0. The highest BCUT2D eigenvalue weighted by Gasteiger charge is 2.24. The molecule has 5 aromatic heterocycles. The largest absolute Gasteiger partial charge is 0.311 e. The molecule has 0 unspecified atom stereocenters. The number of hydrogen-bond acceptors (Lipinski definition) is 1. The van der Waals surface area contributed by atoms with Gasteiger partial charge in [0, 0.05) is 66.3 Å². The number of benzene rings is 7. The lowest BCUT2D eigenvalue weighted by atomic mass is 10.1. The van der Waals surface area contributed by atoms with E-state index in [2.05, 4.69) is 220 Å². The van der Waals surface area contributed by atoms with Gasteiger partial charge in [-0.1, -0.05) is 115 Å². The fourth-order valence-corrected chi connectivity index (χ4v) is 9.72. The van der Waals surface area contributed by atoms with Gasteiger partial charge in [0.15, 0.2) is 0 Å². The minimum absolute atomic E-state index is 0.993. The Balaban J connectivity index is 1.13. The maximum Gasteiger partial charge on any atom is 0.0967 e. The van der Waals surface area contributed by atoms with E-state index in [0.29, 0.717) is 0 Å². The SMILES string of the molecule is C/C=C\c1c(C)n(-c2cccc(-n3c4ccccc4c4ccccc43)c2)c2c1ncc1c2c2ccccc2n1-c1cccc(-n2c3ccccc3c3ccccc32)c1. The van der Waals surface area contributed by atoms with Crippen LogP contribution in [0.2, 0.25) is 0 Å². The Morgan fingerprint density at radius 3 is 1.24 bits per heavy atom. The predicted molar refractivity (Wildman–Crippen MR) is 244 cm³/mol. The summed E-state index contributed by atoms with van der Waals surface area (Å²) in [5.41, 5.74) is 15.8. The summed E-state index contributed by atoms with van der Waals surface area (Å²) in [6.45, 7) is 4.31. The normalized spacial score (nSPS) is 12.2. The van der Waals surface area contributed by atoms with E-state index < -0.39 is 0 Å². The quantitative estimate of drug-likeness (QED) is 0.173. The Morgan fingerprint density at radius 1 is 0.414 bits per heavy atom. The third-order valence-electron chi connectivity index (χ3n) is 12.1. The monoisotopic (exact) mass is 743 g/mol. The lowest BCUT2D eigenvalue weighted by Crippen LogP contribution is -2.01. The van der Waals surface area contributed by atoms with Crippen molar-refractivity contribution in [3.63, 3.8) is 0 Å². The molecule has 0 aliphatic rings. The van der Waals surface area contributed by atoms with Gasteiger partial charge >= 0.3 is 0 Å². The fraction of sp³-hybridized carbons (Fsp3) is 0.0377. The predicted octanol–water partition coefficient (Wildman–Crippen LogP) is 13.7. The van der Waals surface area contributed by atoms with Gasteiger partial charge in [-0.25, -0.2) is 0 Å². The van der Waals surface area contributed by atoms with Crippen molar-refractivity contribution in [1.29, 1.82) is 0 Å². The van der Waals surface area contributed by atoms with E-state index in [0.717, 1.165) is 56.1 Å². The molecule has 0 fully saturated rings. The first-order valence-electron chi connectivity index (χ1n) is 19.9. The molecule has 0 aliphatic carbocycles. The minimum atomic E-state index is 0.993. The molecule has 58 heavy (non-hydrogen) atoms. The van der Waals surface area contributed by atoms with E-state index in [4.69, 9.17) is 4.98 Å². The van der Waals surface area contributed by atoms with Crippen LogP contribution < -0.4 is 0 Å². The number of allylic oxidation sites excluding steroid dienone is 1. The van der Waals surface area contributed by atoms with Crippen molar-refractivity contribution >= 4 is 82.5 Å². The van der Waals surface area contributed by atoms with Crippen LogP contribution >= 0.6 is 0 Å². The van der Waals surface area contributed by atoms with Gasteiger partial charge in [0.2, 0.25) is 0 Å². The topological polar surface area (TPSA) is 32.6 Å². The van der Waals surface area contributed by atoms with E-state index in [1.807, 2.05) is 0 Å². The van der Waals surface area contributed by atoms with Gasteiger partial charge in [0.25, 0.3) is 0 Å². The molecule has 0 bridgehead atoms. The lowest BCUT2D eigenvalue weighted by Gasteiger charge is -2.14. The van der Waals surface area contributed by atoms with E-state index >= 15 is 0 Å². The number of aromatic nitrogens is 5. The molecule has 12 rings (SSSR count). The zero-order valence-corrected chi connectivity index (χ0v) is 32.1. The number of pyridine rings is 1. The highest BCUT2D eigenvalue weighted by molar-refractivity contribution is 6.21. The summed E-state index contributed by atoms with van der Waals surface area (Å²) in [6, 6.07) is 61.5. The molecule has 5 heterocycles. The van der Waals surface area contributed by atoms with Crippen LogP contribution in [0.15, 0.2) is 182 Å². The first-order chi connectivity index (χ1) is 28.7. The summed E-state index contributed by atoms with van der Waals surface area (Å²) in [6.07, 6.45) is 6.41. The minimum Gasteiger partial charge on any atom is -0.311 e. The molecule has 0 spiro atoms. The molecule has 7 aromatic carbocycles. The van der Waals surface area contributed by atoms with Crippen LogP contribution in [0.4, 0.5) is 0 Å². The summed E-state index contributed by atoms with van der Waals surface area (Å²) in [4.78, 5) is 5.32. The maximum absolute atomic E-state index is 5.32. The zero-order chi connectivity index (χ0) is 38.5. The van der Waals surface area contributed by atoms with Crippen LogP contribution in [-0.4, -0.2) is 23.3 Å². The summed E-state index contributed by atoms with van der Waals surface area (Å²) >= 11 is 0. The highest BCUT2D eigenvalue weighted by Crippen LogP contribution is 2.42. The Hall–Kier alpha value is -7.63. The lowest BCUT2D eigenvalue weighted by molar-refractivity contribution is 1.04. The molecule has 5 nitrogen and oxygen atoms in total. The van der Waals surface area contributed by atoms with Crippen molar-refractivity contribution in [2.24, 2.45) is 0 Å². The fourth-order valence-electron chi connectivity index (χ4n) is 9.72. The van der Waals surface area contributed by atoms with Gasteiger partial charge in [-0.05, 0) is 80.6 Å². The van der Waals surface area contributed by atoms with Gasteiger partial charge < -0.3 is 18.3 Å². The van der Waals surface area contributed by atoms with E-state index in [1.54, 1.807) is 0 Å². The van der Waals surface area contributed by atoms with E-state index in [-0.39, 0.29) is 0 Å². The molecule has 5 heteroatoms. The first kappa shape index (κ1) is 32.6. The standard InChI is InChI=1S/C53H37N5/c1-3-16-39-34(2)55(35-17-14-18-36(31-35)56-45-26-9-4-21-40(45)41-22-5-10-27-46(41)56)53-51-44-25-8-13-30-49(44)58(50(51)33-54-52(39)53)38-20-15-19-37(32-38)57-47-28-11-6-23-42(47)43-24-7-12-29-48(43)57/h3-33H,1-2H3/b16-3-. The van der Waals surface area contributed by atoms with Gasteiger partial charge in [-0.3, -0.25) is 4.98 Å². The number of rotatable bonds is 5. The first-order valence-corrected chi connectivity index (χ1v) is 19.9. The van der Waals surface area contributed by atoms with Gasteiger partial charge in [-0.2, -0.15) is 0 Å². The van der Waals surface area contributed by atoms with Gasteiger partial charge in [-0.15, -0.1) is 0 Å². The molecule has 274 valence electrons. The molecule has 0 saturated carbocycles. The van der Waals surface area contributed by atoms with Crippen molar-refractivity contribution in [3.8, 4) is 22.7 Å². The number of hydrogen-bond donors (Lipinski definition) is 0. The summed E-state index contributed by atoms with van der Waals surface area (Å²) in [5, 5.41) is 7.38. The average Bonchev–Trinajstić information content (AvgIpc) is 3.99. The third kappa shape index (κ3) is 4.50. The molecule has 0 N–H and O–H groups in total. The number of fused-ring (bicyclic) bond motifs is 11. The van der Waals surface area contributed by atoms with Gasteiger partial charge in [0.1, 0.15) is 0 Å². The smallest absolute Gasteiger partial charge is 0.0967 e. The zero-order valence-electron chi connectivity index (χ0n) is 32.1. The third-order valence-corrected chi connectivity index (χ3v) is 12.1. The van der Waals surface area contributed by atoms with Crippen LogP contribution in [0, 0.1) is 6.92 Å². The summed E-state index contributed by atoms with van der Waals surface area (Å²) in [5.74, 6) is 0. The van der Waals surface area contributed by atoms with Crippen LogP contribution in [0.5, 0.6) is 0 Å². The molecular formula is C53H37N5. The second-order valence-electron chi connectivity index (χ2n) is 15.2. The van der Waals surface area contributed by atoms with Crippen molar-refractivity contribution < 1.29 is 0 Å². The molecule has 0 amide bonds. The Morgan fingerprint density at radius 2 is 0.793 bits per heavy atom. The maximum atomic E-state index is 5.32. The molecular weight excluding hydrogens is 707 g/mol. The molecule has 0 aliphatic heterocycles. The number of nitrogens with zero attached hydrogens (tertiary/aromatic N) is 5. The molecule has 0 radical (unpaired) electrons. The van der Waals surface area contributed by atoms with Crippen LogP contribution in [0.3, 0.4) is 0 Å². The summed E-state index contributed by atoms with van der Waals surface area (Å²) < 4.78 is 9.61. The Labute approximate surface area is 334 Å². The van der Waals surface area contributed by atoms with E-state index in [9.17, 15) is 0 Å². The average molecular weight is 744 g/mol. The van der Waals surface area contributed by atoms with Crippen LogP contribution in [0.1, 0.15) is 18.2 Å². The molecule has 0 saturated heterocycles. The Kier molecular flexibility index (Phi) is 6.99. The second-order valence-corrected chi connectivity index (χ2v) is 15.2. The highest BCUT2D eigenvalue weighted by atomic mass is 15.1. The van der Waals surface area contributed by atoms with Crippen molar-refractivity contribution in [1.82, 2.24) is 23.3 Å². The molecule has 12 aromatic rings. The van der Waals surface area contributed by atoms with Crippen LogP contribution in [-0.2, 0) is 0 Å².